The summed E-state index contributed by atoms with van der Waals surface area (Å²) in [5.74, 6) is 0. The van der Waals surface area contributed by atoms with Crippen LogP contribution in [0.5, 0.6) is 0 Å². The molecule has 132 valence electrons. The number of fused-ring (bicyclic) bond motifs is 1. The summed E-state index contributed by atoms with van der Waals surface area (Å²) in [4.78, 5) is 25.6. The Hall–Kier alpha value is -1.66. The highest BCUT2D eigenvalue weighted by Crippen LogP contribution is 2.38. The second-order valence-electron chi connectivity index (χ2n) is 5.36. The summed E-state index contributed by atoms with van der Waals surface area (Å²) >= 11 is 0. The molecule has 5 N–H and O–H groups in total. The van der Waals surface area contributed by atoms with Crippen molar-refractivity contribution in [2.45, 2.75) is 24.5 Å². The van der Waals surface area contributed by atoms with Crippen LogP contribution in [0.1, 0.15) is 6.23 Å². The first-order valence-electron chi connectivity index (χ1n) is 6.83. The molecule has 0 aromatic carbocycles. The molecule has 1 saturated heterocycles. The maximum Gasteiger partial charge on any atom is 0.469 e. The number of phosphoric ester groups is 1. The van der Waals surface area contributed by atoms with E-state index in [-0.39, 0.29) is 16.7 Å². The van der Waals surface area contributed by atoms with E-state index >= 15 is 0 Å². The largest absolute Gasteiger partial charge is 0.469 e. The Balaban J connectivity index is 1.89. The van der Waals surface area contributed by atoms with Gasteiger partial charge in [-0.2, -0.15) is 0 Å². The minimum Gasteiger partial charge on any atom is -0.387 e. The Morgan fingerprint density at radius 1 is 1.33 bits per heavy atom. The van der Waals surface area contributed by atoms with Crippen LogP contribution in [0.25, 0.3) is 11.2 Å². The second kappa shape index (κ2) is 6.01. The fraction of sp³-hybridized carbons (Fsp3) is 0.545. The van der Waals surface area contributed by atoms with Crippen molar-refractivity contribution in [1.82, 2.24) is 19.1 Å². The van der Waals surface area contributed by atoms with E-state index in [9.17, 15) is 14.8 Å². The summed E-state index contributed by atoms with van der Waals surface area (Å²) < 4.78 is 23.3. The SMILES string of the molecule is Cn1cnc2c(ncn2C2O[C@H](COP(=O)(O)O)[C@@H](O)[C@H]2O)c1=N. The smallest absolute Gasteiger partial charge is 0.387 e. The predicted molar refractivity (Wildman–Crippen MR) is 76.3 cm³/mol. The van der Waals surface area contributed by atoms with E-state index in [4.69, 9.17) is 19.9 Å². The molecule has 24 heavy (non-hydrogen) atoms. The molecule has 3 rings (SSSR count). The molecule has 0 saturated carbocycles. The first-order chi connectivity index (χ1) is 11.2. The lowest BCUT2D eigenvalue weighted by Gasteiger charge is -2.16. The Morgan fingerprint density at radius 3 is 2.71 bits per heavy atom. The maximum absolute atomic E-state index is 10.8. The van der Waals surface area contributed by atoms with Gasteiger partial charge in [-0.15, -0.1) is 0 Å². The molecular formula is C11H16N5O7P. The van der Waals surface area contributed by atoms with Crippen LogP contribution in [-0.2, 0) is 20.9 Å². The molecule has 0 amide bonds. The van der Waals surface area contributed by atoms with Gasteiger partial charge in [-0.25, -0.2) is 14.5 Å². The van der Waals surface area contributed by atoms with Gasteiger partial charge in [-0.1, -0.05) is 0 Å². The number of nitrogens with one attached hydrogen (secondary N) is 1. The maximum atomic E-state index is 10.8. The minimum absolute atomic E-state index is 0.105. The van der Waals surface area contributed by atoms with Crippen molar-refractivity contribution < 1.29 is 33.8 Å². The molecule has 1 aliphatic rings. The summed E-state index contributed by atoms with van der Waals surface area (Å²) in [6, 6.07) is 0. The van der Waals surface area contributed by atoms with Crippen molar-refractivity contribution in [2.75, 3.05) is 6.61 Å². The van der Waals surface area contributed by atoms with E-state index in [1.54, 1.807) is 7.05 Å². The van der Waals surface area contributed by atoms with Crippen molar-refractivity contribution >= 4 is 19.0 Å². The van der Waals surface area contributed by atoms with Gasteiger partial charge in [0.15, 0.2) is 17.4 Å². The Morgan fingerprint density at radius 2 is 2.04 bits per heavy atom. The van der Waals surface area contributed by atoms with Crippen LogP contribution in [0.2, 0.25) is 0 Å². The number of hydrogen-bond acceptors (Lipinski definition) is 8. The van der Waals surface area contributed by atoms with E-state index in [2.05, 4.69) is 14.5 Å². The molecule has 0 radical (unpaired) electrons. The van der Waals surface area contributed by atoms with Gasteiger partial charge in [0.2, 0.25) is 0 Å². The normalized spacial score (nSPS) is 27.9. The lowest BCUT2D eigenvalue weighted by atomic mass is 10.1. The van der Waals surface area contributed by atoms with E-state index in [0.29, 0.717) is 0 Å². The average Bonchev–Trinajstić information content (AvgIpc) is 3.04. The number of hydrogen-bond donors (Lipinski definition) is 5. The number of aryl methyl sites for hydroxylation is 1. The van der Waals surface area contributed by atoms with E-state index < -0.39 is 39.0 Å². The zero-order valence-electron chi connectivity index (χ0n) is 12.4. The van der Waals surface area contributed by atoms with Crippen molar-refractivity contribution in [3.8, 4) is 0 Å². The zero-order valence-corrected chi connectivity index (χ0v) is 13.3. The molecule has 1 fully saturated rings. The van der Waals surface area contributed by atoms with Crippen molar-refractivity contribution in [1.29, 1.82) is 5.41 Å². The van der Waals surface area contributed by atoms with Crippen LogP contribution in [0, 0.1) is 5.41 Å². The third-order valence-corrected chi connectivity index (χ3v) is 4.20. The minimum atomic E-state index is -4.73. The lowest BCUT2D eigenvalue weighted by molar-refractivity contribution is -0.0504. The molecule has 2 aromatic rings. The number of rotatable bonds is 4. The number of phosphoric acid groups is 1. The zero-order chi connectivity index (χ0) is 17.6. The van der Waals surface area contributed by atoms with Crippen molar-refractivity contribution in [2.24, 2.45) is 7.05 Å². The number of aromatic nitrogens is 4. The van der Waals surface area contributed by atoms with Crippen LogP contribution >= 0.6 is 7.82 Å². The Labute approximate surface area is 134 Å². The average molecular weight is 361 g/mol. The number of imidazole rings is 1. The summed E-state index contributed by atoms with van der Waals surface area (Å²) in [7, 11) is -3.09. The summed E-state index contributed by atoms with van der Waals surface area (Å²) in [5, 5.41) is 28.1. The standard InChI is InChI=1S/C11H16N5O7P/c1-15-3-14-10-6(9(15)12)13-4-16(10)11-8(18)7(17)5(23-11)2-22-24(19,20)21/h3-5,7-8,11-12,17-18H,2H2,1H3,(H2,19,20,21)/t5-,7-,8-,11?/m1/s1. The monoisotopic (exact) mass is 361 g/mol. The topological polar surface area (TPSA) is 176 Å². The van der Waals surface area contributed by atoms with E-state index in [1.165, 1.54) is 21.8 Å². The van der Waals surface area contributed by atoms with Gasteiger partial charge in [-0.3, -0.25) is 14.5 Å². The van der Waals surface area contributed by atoms with Gasteiger partial charge < -0.3 is 29.3 Å². The third kappa shape index (κ3) is 3.00. The summed E-state index contributed by atoms with van der Waals surface area (Å²) in [5.41, 5.74) is 0.652. The Kier molecular flexibility index (Phi) is 4.30. The molecule has 3 heterocycles. The lowest BCUT2D eigenvalue weighted by Crippen LogP contribution is -2.33. The fourth-order valence-corrected chi connectivity index (χ4v) is 2.81. The molecule has 0 spiro atoms. The van der Waals surface area contributed by atoms with Gasteiger partial charge in [0.1, 0.15) is 23.8 Å². The summed E-state index contributed by atoms with van der Waals surface area (Å²) in [6.07, 6.45) is -2.34. The third-order valence-electron chi connectivity index (χ3n) is 3.72. The van der Waals surface area contributed by atoms with Gasteiger partial charge in [0, 0.05) is 7.05 Å². The van der Waals surface area contributed by atoms with Crippen LogP contribution < -0.4 is 5.49 Å². The van der Waals surface area contributed by atoms with Crippen LogP contribution in [0.3, 0.4) is 0 Å². The first-order valence-corrected chi connectivity index (χ1v) is 8.36. The second-order valence-corrected chi connectivity index (χ2v) is 6.60. The number of aliphatic hydroxyl groups excluding tert-OH is 2. The first kappa shape index (κ1) is 17.2. The van der Waals surface area contributed by atoms with Crippen LogP contribution in [0.15, 0.2) is 12.7 Å². The molecule has 13 heteroatoms. The van der Waals surface area contributed by atoms with Crippen molar-refractivity contribution in [3.63, 3.8) is 0 Å². The number of nitrogens with zero attached hydrogens (tertiary/aromatic N) is 4. The van der Waals surface area contributed by atoms with Crippen molar-refractivity contribution in [3.05, 3.63) is 18.1 Å². The van der Waals surface area contributed by atoms with E-state index in [1.807, 2.05) is 0 Å². The molecule has 1 aliphatic heterocycles. The quantitative estimate of drug-likeness (QED) is 0.385. The highest BCUT2D eigenvalue weighted by Gasteiger charge is 2.45. The van der Waals surface area contributed by atoms with Gasteiger partial charge in [-0.05, 0) is 0 Å². The molecule has 4 atom stereocenters. The fourth-order valence-electron chi connectivity index (χ4n) is 2.47. The molecule has 12 nitrogen and oxygen atoms in total. The van der Waals surface area contributed by atoms with Gasteiger partial charge in [0.05, 0.1) is 19.3 Å². The molecule has 0 bridgehead atoms. The Bertz CT molecular complexity index is 860. The number of aliphatic hydroxyl groups is 2. The molecule has 1 unspecified atom stereocenters. The molecule has 2 aromatic heterocycles. The van der Waals surface area contributed by atoms with Crippen LogP contribution in [-0.4, -0.2) is 64.0 Å². The highest BCUT2D eigenvalue weighted by molar-refractivity contribution is 7.46. The highest BCUT2D eigenvalue weighted by atomic mass is 31.2. The summed E-state index contributed by atoms with van der Waals surface area (Å²) in [6.45, 7) is -0.599. The molecule has 0 aliphatic carbocycles. The predicted octanol–water partition coefficient (Wildman–Crippen LogP) is -2.02. The van der Waals surface area contributed by atoms with Crippen LogP contribution in [0.4, 0.5) is 0 Å². The number of ether oxygens (including phenoxy) is 1. The van der Waals surface area contributed by atoms with Gasteiger partial charge >= 0.3 is 7.82 Å². The van der Waals surface area contributed by atoms with E-state index in [0.717, 1.165) is 0 Å². The molecular weight excluding hydrogens is 345 g/mol. The van der Waals surface area contributed by atoms with Gasteiger partial charge in [0.25, 0.3) is 0 Å².